The molecular weight excluding hydrogens is 279 g/mol. The Bertz CT molecular complexity index is 804. The Balaban J connectivity index is 1.94. The molecule has 2 aromatic carbocycles. The summed E-state index contributed by atoms with van der Waals surface area (Å²) in [5.41, 5.74) is 4.26. The number of nitrogens with zero attached hydrogens (tertiary/aromatic N) is 1. The fourth-order valence-corrected chi connectivity index (χ4v) is 2.21. The maximum absolute atomic E-state index is 12.9. The van der Waals surface area contributed by atoms with E-state index in [0.717, 1.165) is 16.7 Å². The van der Waals surface area contributed by atoms with Crippen molar-refractivity contribution < 1.29 is 9.18 Å². The number of carbonyl (C=O) groups excluding carboxylic acids is 1. The van der Waals surface area contributed by atoms with Crippen LogP contribution in [0.5, 0.6) is 0 Å². The molecule has 3 nitrogen and oxygen atoms in total. The molecule has 2 aromatic rings. The lowest BCUT2D eigenvalue weighted by Crippen LogP contribution is -2.24. The second kappa shape index (κ2) is 5.56. The van der Waals surface area contributed by atoms with Gasteiger partial charge in [0.05, 0.1) is 0 Å². The Morgan fingerprint density at radius 2 is 1.77 bits per heavy atom. The van der Waals surface area contributed by atoms with Crippen LogP contribution in [0.2, 0.25) is 0 Å². The molecule has 0 unspecified atom stereocenters. The minimum absolute atomic E-state index is 0.252. The summed E-state index contributed by atoms with van der Waals surface area (Å²) in [6.07, 6.45) is 1.64. The highest BCUT2D eigenvalue weighted by Crippen LogP contribution is 2.17. The monoisotopic (exact) mass is 294 g/mol. The van der Waals surface area contributed by atoms with Gasteiger partial charge in [0.2, 0.25) is 0 Å². The Hall–Kier alpha value is -2.75. The number of hydrogen-bond acceptors (Lipinski definition) is 2. The summed E-state index contributed by atoms with van der Waals surface area (Å²) in [7, 11) is 0. The fourth-order valence-electron chi connectivity index (χ4n) is 2.21. The lowest BCUT2D eigenvalue weighted by molar-refractivity contribution is -0.115. The summed E-state index contributed by atoms with van der Waals surface area (Å²) in [4.78, 5) is 16.4. The first-order valence-electron chi connectivity index (χ1n) is 6.98. The normalized spacial score (nSPS) is 15.9. The third kappa shape index (κ3) is 2.81. The summed E-state index contributed by atoms with van der Waals surface area (Å²) < 4.78 is 12.9. The van der Waals surface area contributed by atoms with Gasteiger partial charge in [-0.25, -0.2) is 9.38 Å². The number of nitrogens with one attached hydrogen (secondary N) is 1. The molecule has 0 aromatic heterocycles. The third-order valence-electron chi connectivity index (χ3n) is 3.65. The third-order valence-corrected chi connectivity index (χ3v) is 3.65. The van der Waals surface area contributed by atoms with Gasteiger partial charge in [0.25, 0.3) is 5.91 Å². The highest BCUT2D eigenvalue weighted by molar-refractivity contribution is 6.19. The standard InChI is InChI=1S/C18H15FN2O/c1-11-3-6-14(9-12(11)2)17-20-16(18(22)21-17)10-13-4-7-15(19)8-5-13/h3-10H,1-2H3,(H,20,21,22)/b16-10+. The largest absolute Gasteiger partial charge is 0.305 e. The second-order valence-corrected chi connectivity index (χ2v) is 5.29. The molecule has 22 heavy (non-hydrogen) atoms. The zero-order chi connectivity index (χ0) is 15.7. The van der Waals surface area contributed by atoms with E-state index >= 15 is 0 Å². The van der Waals surface area contributed by atoms with Gasteiger partial charge in [-0.3, -0.25) is 4.79 Å². The molecule has 3 rings (SSSR count). The molecule has 0 aliphatic carbocycles. The zero-order valence-corrected chi connectivity index (χ0v) is 12.4. The molecule has 4 heteroatoms. The Kier molecular flexibility index (Phi) is 3.59. The number of halogens is 1. The number of amidine groups is 1. The molecule has 1 N–H and O–H groups in total. The van der Waals surface area contributed by atoms with Crippen molar-refractivity contribution in [1.82, 2.24) is 5.32 Å². The molecule has 0 saturated heterocycles. The minimum Gasteiger partial charge on any atom is -0.305 e. The van der Waals surface area contributed by atoms with E-state index in [1.54, 1.807) is 18.2 Å². The van der Waals surface area contributed by atoms with Crippen molar-refractivity contribution in [2.24, 2.45) is 4.99 Å². The summed E-state index contributed by atoms with van der Waals surface area (Å²) >= 11 is 0. The Morgan fingerprint density at radius 1 is 1.05 bits per heavy atom. The first-order valence-corrected chi connectivity index (χ1v) is 6.98. The van der Waals surface area contributed by atoms with E-state index in [4.69, 9.17) is 0 Å². The van der Waals surface area contributed by atoms with Crippen molar-refractivity contribution in [3.8, 4) is 0 Å². The van der Waals surface area contributed by atoms with E-state index in [1.165, 1.54) is 17.7 Å². The van der Waals surface area contributed by atoms with Crippen molar-refractivity contribution in [3.05, 3.63) is 76.2 Å². The van der Waals surface area contributed by atoms with Gasteiger partial charge in [0.15, 0.2) is 0 Å². The maximum Gasteiger partial charge on any atom is 0.275 e. The van der Waals surface area contributed by atoms with Crippen LogP contribution in [0.4, 0.5) is 4.39 Å². The summed E-state index contributed by atoms with van der Waals surface area (Å²) in [6.45, 7) is 4.06. The van der Waals surface area contributed by atoms with E-state index in [0.29, 0.717) is 11.5 Å². The number of carbonyl (C=O) groups is 1. The van der Waals surface area contributed by atoms with E-state index in [9.17, 15) is 9.18 Å². The van der Waals surface area contributed by atoms with Gasteiger partial charge in [-0.1, -0.05) is 24.3 Å². The minimum atomic E-state index is -0.308. The van der Waals surface area contributed by atoms with E-state index in [-0.39, 0.29) is 11.7 Å². The Labute approximate surface area is 128 Å². The quantitative estimate of drug-likeness (QED) is 0.848. The molecule has 1 aliphatic heterocycles. The van der Waals surface area contributed by atoms with Crippen molar-refractivity contribution in [3.63, 3.8) is 0 Å². The highest BCUT2D eigenvalue weighted by Gasteiger charge is 2.21. The molecule has 1 aliphatic rings. The number of rotatable bonds is 2. The molecule has 110 valence electrons. The van der Waals surface area contributed by atoms with Crippen LogP contribution in [0, 0.1) is 19.7 Å². The topological polar surface area (TPSA) is 41.5 Å². The van der Waals surface area contributed by atoms with E-state index in [1.807, 2.05) is 32.0 Å². The van der Waals surface area contributed by atoms with E-state index < -0.39 is 0 Å². The summed E-state index contributed by atoms with van der Waals surface area (Å²) in [5.74, 6) is -0.0173. The van der Waals surface area contributed by atoms with Gasteiger partial charge in [-0.05, 0) is 54.8 Å². The van der Waals surface area contributed by atoms with Crippen LogP contribution in [0.3, 0.4) is 0 Å². The molecule has 0 spiro atoms. The van der Waals surface area contributed by atoms with Crippen LogP contribution in [-0.2, 0) is 4.79 Å². The molecule has 0 radical (unpaired) electrons. The smallest absolute Gasteiger partial charge is 0.275 e. The van der Waals surface area contributed by atoms with E-state index in [2.05, 4.69) is 10.3 Å². The first kappa shape index (κ1) is 14.2. The van der Waals surface area contributed by atoms with Gasteiger partial charge in [0, 0.05) is 5.56 Å². The number of hydrogen-bond donors (Lipinski definition) is 1. The maximum atomic E-state index is 12.9. The lowest BCUT2D eigenvalue weighted by Gasteiger charge is -2.04. The van der Waals surface area contributed by atoms with Crippen LogP contribution in [0.1, 0.15) is 22.3 Å². The molecule has 0 fully saturated rings. The number of aryl methyl sites for hydroxylation is 2. The van der Waals surface area contributed by atoms with Crippen LogP contribution < -0.4 is 5.32 Å². The number of aliphatic imine (C=N–C) groups is 1. The second-order valence-electron chi connectivity index (χ2n) is 5.29. The van der Waals surface area contributed by atoms with Crippen molar-refractivity contribution in [2.45, 2.75) is 13.8 Å². The van der Waals surface area contributed by atoms with Crippen molar-refractivity contribution in [2.75, 3.05) is 0 Å². The van der Waals surface area contributed by atoms with Crippen LogP contribution in [0.15, 0.2) is 53.2 Å². The van der Waals surface area contributed by atoms with Crippen LogP contribution in [-0.4, -0.2) is 11.7 Å². The Morgan fingerprint density at radius 3 is 2.45 bits per heavy atom. The number of benzene rings is 2. The predicted molar refractivity (Wildman–Crippen MR) is 85.0 cm³/mol. The van der Waals surface area contributed by atoms with Gasteiger partial charge >= 0.3 is 0 Å². The molecular formula is C18H15FN2O. The number of amides is 1. The molecule has 1 heterocycles. The fraction of sp³-hybridized carbons (Fsp3) is 0.111. The molecule has 0 saturated carbocycles. The van der Waals surface area contributed by atoms with Crippen molar-refractivity contribution in [1.29, 1.82) is 0 Å². The average molecular weight is 294 g/mol. The SMILES string of the molecule is Cc1ccc(C2=N/C(=C/c3ccc(F)cc3)C(=O)N2)cc1C. The van der Waals surface area contributed by atoms with Gasteiger partial charge < -0.3 is 5.32 Å². The predicted octanol–water partition coefficient (Wildman–Crippen LogP) is 3.36. The first-order chi connectivity index (χ1) is 10.5. The van der Waals surface area contributed by atoms with Crippen LogP contribution in [0.25, 0.3) is 6.08 Å². The lowest BCUT2D eigenvalue weighted by atomic mass is 10.1. The van der Waals surface area contributed by atoms with Crippen LogP contribution >= 0.6 is 0 Å². The van der Waals surface area contributed by atoms with Crippen molar-refractivity contribution >= 4 is 17.8 Å². The van der Waals surface area contributed by atoms with Gasteiger partial charge in [-0.2, -0.15) is 0 Å². The van der Waals surface area contributed by atoms with Gasteiger partial charge in [-0.15, -0.1) is 0 Å². The molecule has 0 atom stereocenters. The molecule has 0 bridgehead atoms. The zero-order valence-electron chi connectivity index (χ0n) is 12.4. The van der Waals surface area contributed by atoms with Gasteiger partial charge in [0.1, 0.15) is 17.3 Å². The highest BCUT2D eigenvalue weighted by atomic mass is 19.1. The summed E-state index contributed by atoms with van der Waals surface area (Å²) in [5, 5.41) is 2.77. The summed E-state index contributed by atoms with van der Waals surface area (Å²) in [6, 6.07) is 11.9. The average Bonchev–Trinajstić information content (AvgIpc) is 2.85. The molecule has 1 amide bonds.